The molecule has 3 rings (SSSR count). The van der Waals surface area contributed by atoms with Crippen LogP contribution in [0, 0.1) is 17.8 Å². The molecule has 24 heavy (non-hydrogen) atoms. The van der Waals surface area contributed by atoms with Gasteiger partial charge in [0, 0.05) is 37.7 Å². The first-order valence-electron chi connectivity index (χ1n) is 9.17. The summed E-state index contributed by atoms with van der Waals surface area (Å²) in [5, 5.41) is 3.14. The molecule has 2 aliphatic rings. The van der Waals surface area contributed by atoms with Crippen molar-refractivity contribution in [2.75, 3.05) is 26.2 Å². The minimum Gasteiger partial charge on any atom is -0.342 e. The first kappa shape index (κ1) is 17.2. The van der Waals surface area contributed by atoms with E-state index in [1.807, 2.05) is 17.0 Å². The molecule has 130 valence electrons. The zero-order valence-corrected chi connectivity index (χ0v) is 14.8. The molecule has 0 saturated carbocycles. The topological polar surface area (TPSA) is 49.4 Å². The summed E-state index contributed by atoms with van der Waals surface area (Å²) < 4.78 is 0. The average molecular weight is 328 g/mol. The van der Waals surface area contributed by atoms with Gasteiger partial charge in [-0.05, 0) is 30.7 Å². The van der Waals surface area contributed by atoms with Gasteiger partial charge in [0.25, 0.3) is 0 Å². The van der Waals surface area contributed by atoms with Crippen molar-refractivity contribution in [1.82, 2.24) is 10.2 Å². The van der Waals surface area contributed by atoms with E-state index in [9.17, 15) is 9.59 Å². The summed E-state index contributed by atoms with van der Waals surface area (Å²) in [5.41, 5.74) is 2.10. The van der Waals surface area contributed by atoms with Crippen LogP contribution in [0.4, 0.5) is 0 Å². The Kier molecular flexibility index (Phi) is 5.34. The van der Waals surface area contributed by atoms with Gasteiger partial charge in [-0.15, -0.1) is 0 Å². The van der Waals surface area contributed by atoms with E-state index in [1.54, 1.807) is 0 Å². The van der Waals surface area contributed by atoms with Crippen LogP contribution >= 0.6 is 0 Å². The van der Waals surface area contributed by atoms with Crippen LogP contribution in [0.5, 0.6) is 0 Å². The minimum atomic E-state index is 0.0597. The van der Waals surface area contributed by atoms with Crippen LogP contribution in [0.15, 0.2) is 24.3 Å². The lowest BCUT2D eigenvalue weighted by molar-refractivity contribution is -0.138. The quantitative estimate of drug-likeness (QED) is 0.845. The zero-order valence-electron chi connectivity index (χ0n) is 14.8. The van der Waals surface area contributed by atoms with Gasteiger partial charge in [-0.2, -0.15) is 0 Å². The third kappa shape index (κ3) is 3.86. The highest BCUT2D eigenvalue weighted by molar-refractivity contribution is 5.98. The monoisotopic (exact) mass is 328 g/mol. The number of rotatable bonds is 5. The third-order valence-corrected chi connectivity index (χ3v) is 5.19. The average Bonchev–Trinajstić information content (AvgIpc) is 2.53. The molecule has 0 aliphatic carbocycles. The van der Waals surface area contributed by atoms with Crippen molar-refractivity contribution in [2.45, 2.75) is 33.1 Å². The lowest BCUT2D eigenvalue weighted by Gasteiger charge is -2.36. The van der Waals surface area contributed by atoms with E-state index < -0.39 is 0 Å². The Morgan fingerprint density at radius 1 is 1.08 bits per heavy atom. The maximum atomic E-state index is 12.7. The number of benzene rings is 1. The van der Waals surface area contributed by atoms with Gasteiger partial charge in [0.05, 0.1) is 5.92 Å². The summed E-state index contributed by atoms with van der Waals surface area (Å²) in [6.07, 6.45) is 2.63. The van der Waals surface area contributed by atoms with Gasteiger partial charge in [0.15, 0.2) is 5.78 Å². The van der Waals surface area contributed by atoms with E-state index in [-0.39, 0.29) is 23.5 Å². The van der Waals surface area contributed by atoms with Gasteiger partial charge >= 0.3 is 0 Å². The van der Waals surface area contributed by atoms with E-state index in [0.717, 1.165) is 51.0 Å². The number of carbonyl (C=O) groups is 2. The van der Waals surface area contributed by atoms with Crippen molar-refractivity contribution >= 4 is 11.7 Å². The van der Waals surface area contributed by atoms with E-state index in [1.165, 1.54) is 5.56 Å². The number of ketones is 1. The molecule has 1 N–H and O–H groups in total. The first-order chi connectivity index (χ1) is 11.5. The normalized spacial score (nSPS) is 19.4. The fourth-order valence-electron chi connectivity index (χ4n) is 3.60. The SMILES string of the molecule is CC(C)Cc1ccc(C(=O)C2CCN(C(=O)C3CNC3)CC2)cc1. The first-order valence-corrected chi connectivity index (χ1v) is 9.17. The van der Waals surface area contributed by atoms with Gasteiger partial charge < -0.3 is 10.2 Å². The largest absolute Gasteiger partial charge is 0.342 e. The molecule has 4 nitrogen and oxygen atoms in total. The van der Waals surface area contributed by atoms with Crippen molar-refractivity contribution in [3.8, 4) is 0 Å². The summed E-state index contributed by atoms with van der Waals surface area (Å²) >= 11 is 0. The van der Waals surface area contributed by atoms with Crippen molar-refractivity contribution in [3.05, 3.63) is 35.4 Å². The summed E-state index contributed by atoms with van der Waals surface area (Å²) in [5.74, 6) is 1.34. The second-order valence-electron chi connectivity index (χ2n) is 7.61. The number of nitrogens with zero attached hydrogens (tertiary/aromatic N) is 1. The molecule has 1 aromatic rings. The maximum Gasteiger partial charge on any atom is 0.228 e. The molecule has 4 heteroatoms. The Morgan fingerprint density at radius 3 is 2.21 bits per heavy atom. The van der Waals surface area contributed by atoms with Crippen LogP contribution in [0.1, 0.15) is 42.6 Å². The Labute approximate surface area is 144 Å². The molecule has 2 aliphatic heterocycles. The highest BCUT2D eigenvalue weighted by atomic mass is 16.2. The second kappa shape index (κ2) is 7.47. The highest BCUT2D eigenvalue weighted by Crippen LogP contribution is 2.24. The van der Waals surface area contributed by atoms with Crippen molar-refractivity contribution in [2.24, 2.45) is 17.8 Å². The predicted octanol–water partition coefficient (Wildman–Crippen LogP) is 2.53. The molecular weight excluding hydrogens is 300 g/mol. The Hall–Kier alpha value is -1.68. The van der Waals surface area contributed by atoms with E-state index in [0.29, 0.717) is 5.92 Å². The Balaban J connectivity index is 1.53. The number of likely N-dealkylation sites (tertiary alicyclic amines) is 1. The number of amides is 1. The van der Waals surface area contributed by atoms with Crippen molar-refractivity contribution < 1.29 is 9.59 Å². The van der Waals surface area contributed by atoms with Gasteiger partial charge in [0.1, 0.15) is 0 Å². The number of Topliss-reactive ketones (excluding diaryl/α,β-unsaturated/α-hetero) is 1. The van der Waals surface area contributed by atoms with Crippen molar-refractivity contribution in [3.63, 3.8) is 0 Å². The van der Waals surface area contributed by atoms with E-state index >= 15 is 0 Å². The molecule has 0 radical (unpaired) electrons. The van der Waals surface area contributed by atoms with Crippen LogP contribution < -0.4 is 5.32 Å². The molecule has 2 saturated heterocycles. The summed E-state index contributed by atoms with van der Waals surface area (Å²) in [4.78, 5) is 26.9. The van der Waals surface area contributed by atoms with Gasteiger partial charge in [-0.1, -0.05) is 38.1 Å². The molecule has 2 fully saturated rings. The predicted molar refractivity (Wildman–Crippen MR) is 95.0 cm³/mol. The fraction of sp³-hybridized carbons (Fsp3) is 0.600. The van der Waals surface area contributed by atoms with Gasteiger partial charge in [-0.25, -0.2) is 0 Å². The number of hydrogen-bond donors (Lipinski definition) is 1. The number of nitrogens with one attached hydrogen (secondary N) is 1. The van der Waals surface area contributed by atoms with Gasteiger partial charge in [-0.3, -0.25) is 9.59 Å². The Bertz CT molecular complexity index is 582. The van der Waals surface area contributed by atoms with E-state index in [2.05, 4.69) is 31.3 Å². The number of piperidine rings is 1. The molecular formula is C20H28N2O2. The number of hydrogen-bond acceptors (Lipinski definition) is 3. The summed E-state index contributed by atoms with van der Waals surface area (Å²) in [6, 6.07) is 8.10. The van der Waals surface area contributed by atoms with Crippen LogP contribution in [0.3, 0.4) is 0 Å². The van der Waals surface area contributed by atoms with Crippen LogP contribution in [0.25, 0.3) is 0 Å². The lowest BCUT2D eigenvalue weighted by atomic mass is 9.87. The molecule has 2 heterocycles. The fourth-order valence-corrected chi connectivity index (χ4v) is 3.60. The number of carbonyl (C=O) groups excluding carboxylic acids is 2. The molecule has 1 amide bonds. The van der Waals surface area contributed by atoms with E-state index in [4.69, 9.17) is 0 Å². The summed E-state index contributed by atoms with van der Waals surface area (Å²) in [7, 11) is 0. The molecule has 1 aromatic carbocycles. The molecule has 0 atom stereocenters. The molecule has 0 aromatic heterocycles. The molecule has 0 unspecified atom stereocenters. The van der Waals surface area contributed by atoms with Crippen LogP contribution in [-0.2, 0) is 11.2 Å². The van der Waals surface area contributed by atoms with Gasteiger partial charge in [0.2, 0.25) is 5.91 Å². The standard InChI is InChI=1S/C20H28N2O2/c1-14(2)11-15-3-5-16(6-4-15)19(23)17-7-9-22(10-8-17)20(24)18-12-21-13-18/h3-6,14,17-18,21H,7-13H2,1-2H3. The molecule has 0 spiro atoms. The second-order valence-corrected chi connectivity index (χ2v) is 7.61. The van der Waals surface area contributed by atoms with Crippen LogP contribution in [0.2, 0.25) is 0 Å². The van der Waals surface area contributed by atoms with Crippen molar-refractivity contribution in [1.29, 1.82) is 0 Å². The maximum absolute atomic E-state index is 12.7. The highest BCUT2D eigenvalue weighted by Gasteiger charge is 2.33. The van der Waals surface area contributed by atoms with Crippen LogP contribution in [-0.4, -0.2) is 42.8 Å². The Morgan fingerprint density at radius 2 is 1.71 bits per heavy atom. The summed E-state index contributed by atoms with van der Waals surface area (Å²) in [6.45, 7) is 7.46. The minimum absolute atomic E-state index is 0.0597. The molecule has 0 bridgehead atoms. The third-order valence-electron chi connectivity index (χ3n) is 5.19. The lowest BCUT2D eigenvalue weighted by Crippen LogP contribution is -2.53. The smallest absolute Gasteiger partial charge is 0.228 e. The zero-order chi connectivity index (χ0) is 17.1.